The molecule has 0 fully saturated rings. The van der Waals surface area contributed by atoms with Gasteiger partial charge in [0.25, 0.3) is 0 Å². The second-order valence-corrected chi connectivity index (χ2v) is 4.53. The van der Waals surface area contributed by atoms with E-state index in [9.17, 15) is 4.79 Å². The first-order valence-corrected chi connectivity index (χ1v) is 6.23. The standard InChI is InChI=1S/C15H14N2O2/c18-15(19-10-11-4-3-7-16-9-11)14-8-12-5-1-2-6-13(12)17-14/h1-7,9,14,17H,8,10H2/t14-/m0/s1. The number of hydrogen-bond acceptors (Lipinski definition) is 4. The lowest BCUT2D eigenvalue weighted by molar-refractivity contribution is -0.145. The zero-order chi connectivity index (χ0) is 13.1. The van der Waals surface area contributed by atoms with Crippen LogP contribution in [0, 0.1) is 0 Å². The van der Waals surface area contributed by atoms with Crippen molar-refractivity contribution in [3.8, 4) is 0 Å². The number of ether oxygens (including phenoxy) is 1. The molecule has 1 aliphatic heterocycles. The summed E-state index contributed by atoms with van der Waals surface area (Å²) < 4.78 is 5.30. The number of nitrogens with zero attached hydrogens (tertiary/aromatic N) is 1. The highest BCUT2D eigenvalue weighted by atomic mass is 16.5. The molecule has 2 aromatic rings. The summed E-state index contributed by atoms with van der Waals surface area (Å²) in [6, 6.07) is 11.4. The van der Waals surface area contributed by atoms with E-state index >= 15 is 0 Å². The van der Waals surface area contributed by atoms with Gasteiger partial charge in [-0.2, -0.15) is 0 Å². The summed E-state index contributed by atoms with van der Waals surface area (Å²) in [4.78, 5) is 16.0. The Morgan fingerprint density at radius 2 is 2.21 bits per heavy atom. The van der Waals surface area contributed by atoms with Gasteiger partial charge in [-0.1, -0.05) is 24.3 Å². The van der Waals surface area contributed by atoms with Crippen molar-refractivity contribution in [2.24, 2.45) is 0 Å². The fourth-order valence-corrected chi connectivity index (χ4v) is 2.18. The van der Waals surface area contributed by atoms with E-state index in [0.717, 1.165) is 16.8 Å². The topological polar surface area (TPSA) is 51.2 Å². The second-order valence-electron chi connectivity index (χ2n) is 4.53. The molecule has 0 radical (unpaired) electrons. The number of aromatic nitrogens is 1. The van der Waals surface area contributed by atoms with Gasteiger partial charge in [-0.3, -0.25) is 4.98 Å². The summed E-state index contributed by atoms with van der Waals surface area (Å²) in [7, 11) is 0. The molecule has 19 heavy (non-hydrogen) atoms. The average molecular weight is 254 g/mol. The van der Waals surface area contributed by atoms with Crippen LogP contribution in [0.2, 0.25) is 0 Å². The van der Waals surface area contributed by atoms with Crippen molar-refractivity contribution in [2.45, 2.75) is 19.1 Å². The molecule has 1 atom stereocenters. The fraction of sp³-hybridized carbons (Fsp3) is 0.200. The summed E-state index contributed by atoms with van der Waals surface area (Å²) in [6.45, 7) is 0.265. The third-order valence-corrected chi connectivity index (χ3v) is 3.16. The smallest absolute Gasteiger partial charge is 0.329 e. The molecule has 1 N–H and O–H groups in total. The third-order valence-electron chi connectivity index (χ3n) is 3.16. The van der Waals surface area contributed by atoms with Crippen LogP contribution in [-0.2, 0) is 22.6 Å². The van der Waals surface area contributed by atoms with Crippen LogP contribution in [0.3, 0.4) is 0 Å². The summed E-state index contributed by atoms with van der Waals surface area (Å²) >= 11 is 0. The number of fused-ring (bicyclic) bond motifs is 1. The maximum Gasteiger partial charge on any atom is 0.329 e. The molecule has 96 valence electrons. The van der Waals surface area contributed by atoms with Gasteiger partial charge in [-0.15, -0.1) is 0 Å². The molecular formula is C15H14N2O2. The van der Waals surface area contributed by atoms with Crippen molar-refractivity contribution in [3.63, 3.8) is 0 Å². The summed E-state index contributed by atoms with van der Waals surface area (Å²) in [5.41, 5.74) is 3.07. The number of carbonyl (C=O) groups is 1. The second kappa shape index (κ2) is 5.10. The first-order chi connectivity index (χ1) is 9.33. The van der Waals surface area contributed by atoms with Crippen LogP contribution in [-0.4, -0.2) is 17.0 Å². The molecule has 0 bridgehead atoms. The Balaban J connectivity index is 1.58. The highest BCUT2D eigenvalue weighted by Crippen LogP contribution is 2.25. The molecule has 0 spiro atoms. The van der Waals surface area contributed by atoms with E-state index in [-0.39, 0.29) is 18.6 Å². The minimum Gasteiger partial charge on any atom is -0.459 e. The lowest BCUT2D eigenvalue weighted by Gasteiger charge is -2.11. The SMILES string of the molecule is O=C(OCc1cccnc1)[C@@H]1Cc2ccccc2N1. The van der Waals surface area contributed by atoms with E-state index in [4.69, 9.17) is 4.74 Å². The molecular weight excluding hydrogens is 240 g/mol. The van der Waals surface area contributed by atoms with Crippen molar-refractivity contribution < 1.29 is 9.53 Å². The number of pyridine rings is 1. The average Bonchev–Trinajstić information content (AvgIpc) is 2.90. The molecule has 0 unspecified atom stereocenters. The number of benzene rings is 1. The molecule has 1 aromatic carbocycles. The Morgan fingerprint density at radius 3 is 3.00 bits per heavy atom. The molecule has 4 nitrogen and oxygen atoms in total. The van der Waals surface area contributed by atoms with Crippen molar-refractivity contribution in [2.75, 3.05) is 5.32 Å². The van der Waals surface area contributed by atoms with Gasteiger partial charge >= 0.3 is 5.97 Å². The number of anilines is 1. The zero-order valence-electron chi connectivity index (χ0n) is 10.4. The van der Waals surface area contributed by atoms with E-state index in [1.807, 2.05) is 36.4 Å². The zero-order valence-corrected chi connectivity index (χ0v) is 10.4. The maximum atomic E-state index is 12.0. The van der Waals surface area contributed by atoms with Gasteiger partial charge < -0.3 is 10.1 Å². The minimum atomic E-state index is -0.283. The Hall–Kier alpha value is -2.36. The lowest BCUT2D eigenvalue weighted by atomic mass is 10.1. The number of carbonyl (C=O) groups excluding carboxylic acids is 1. The van der Waals surface area contributed by atoms with Crippen LogP contribution >= 0.6 is 0 Å². The molecule has 1 aliphatic rings. The number of nitrogens with one attached hydrogen (secondary N) is 1. The summed E-state index contributed by atoms with van der Waals surface area (Å²) in [5.74, 6) is -0.222. The predicted molar refractivity (Wildman–Crippen MR) is 71.6 cm³/mol. The Labute approximate surface area is 111 Å². The molecule has 4 heteroatoms. The maximum absolute atomic E-state index is 12.0. The van der Waals surface area contributed by atoms with Gasteiger partial charge in [0, 0.05) is 30.1 Å². The van der Waals surface area contributed by atoms with Crippen molar-refractivity contribution in [3.05, 3.63) is 59.9 Å². The van der Waals surface area contributed by atoms with Gasteiger partial charge in [-0.05, 0) is 17.7 Å². The Morgan fingerprint density at radius 1 is 1.32 bits per heavy atom. The van der Waals surface area contributed by atoms with E-state index < -0.39 is 0 Å². The normalized spacial score (nSPS) is 16.5. The molecule has 0 amide bonds. The molecule has 1 aromatic heterocycles. The summed E-state index contributed by atoms with van der Waals surface area (Å²) in [5, 5.41) is 3.18. The molecule has 0 saturated heterocycles. The third kappa shape index (κ3) is 2.57. The van der Waals surface area contributed by atoms with Crippen molar-refractivity contribution in [1.82, 2.24) is 4.98 Å². The quantitative estimate of drug-likeness (QED) is 0.853. The van der Waals surface area contributed by atoms with Gasteiger partial charge in [0.05, 0.1) is 0 Å². The number of hydrogen-bond donors (Lipinski definition) is 1. The largest absolute Gasteiger partial charge is 0.459 e. The van der Waals surface area contributed by atoms with Gasteiger partial charge in [0.2, 0.25) is 0 Å². The first kappa shape index (κ1) is 11.7. The molecule has 2 heterocycles. The van der Waals surface area contributed by atoms with Crippen LogP contribution in [0.1, 0.15) is 11.1 Å². The Bertz CT molecular complexity index is 559. The summed E-state index contributed by atoms with van der Waals surface area (Å²) in [6.07, 6.45) is 4.08. The number of esters is 1. The lowest BCUT2D eigenvalue weighted by Crippen LogP contribution is -2.28. The van der Waals surface area contributed by atoms with Crippen molar-refractivity contribution in [1.29, 1.82) is 0 Å². The van der Waals surface area contributed by atoms with Crippen molar-refractivity contribution >= 4 is 11.7 Å². The number of rotatable bonds is 3. The highest BCUT2D eigenvalue weighted by molar-refractivity contribution is 5.82. The molecule has 3 rings (SSSR count). The van der Waals surface area contributed by atoms with Crippen LogP contribution in [0.15, 0.2) is 48.8 Å². The minimum absolute atomic E-state index is 0.222. The predicted octanol–water partition coefficient (Wildman–Crippen LogP) is 2.16. The van der Waals surface area contributed by atoms with E-state index in [1.165, 1.54) is 0 Å². The van der Waals surface area contributed by atoms with E-state index in [2.05, 4.69) is 10.3 Å². The molecule has 0 aliphatic carbocycles. The number of para-hydroxylation sites is 1. The fourth-order valence-electron chi connectivity index (χ4n) is 2.18. The van der Waals surface area contributed by atoms with Gasteiger partial charge in [0.15, 0.2) is 0 Å². The highest BCUT2D eigenvalue weighted by Gasteiger charge is 2.27. The van der Waals surface area contributed by atoms with E-state index in [1.54, 1.807) is 12.4 Å². The molecule has 0 saturated carbocycles. The van der Waals surface area contributed by atoms with Crippen LogP contribution in [0.4, 0.5) is 5.69 Å². The van der Waals surface area contributed by atoms with Crippen LogP contribution in [0.5, 0.6) is 0 Å². The van der Waals surface area contributed by atoms with Crippen LogP contribution < -0.4 is 5.32 Å². The van der Waals surface area contributed by atoms with Gasteiger partial charge in [0.1, 0.15) is 12.6 Å². The monoisotopic (exact) mass is 254 g/mol. The van der Waals surface area contributed by atoms with Crippen LogP contribution in [0.25, 0.3) is 0 Å². The van der Waals surface area contributed by atoms with Gasteiger partial charge in [-0.25, -0.2) is 4.79 Å². The first-order valence-electron chi connectivity index (χ1n) is 6.23. The Kier molecular flexibility index (Phi) is 3.14. The van der Waals surface area contributed by atoms with E-state index in [0.29, 0.717) is 6.42 Å².